The number of rotatable bonds is 9. The molecule has 1 fully saturated rings. The van der Waals surface area contributed by atoms with Gasteiger partial charge in [0.1, 0.15) is 18.0 Å². The van der Waals surface area contributed by atoms with Crippen LogP contribution in [0.2, 0.25) is 0 Å². The van der Waals surface area contributed by atoms with Gasteiger partial charge in [-0.2, -0.15) is 5.10 Å². The average molecular weight is 458 g/mol. The van der Waals surface area contributed by atoms with Gasteiger partial charge in [0.15, 0.2) is 11.5 Å². The molecule has 0 radical (unpaired) electrons. The number of benzene rings is 2. The van der Waals surface area contributed by atoms with Crippen molar-refractivity contribution in [2.75, 3.05) is 12.4 Å². The van der Waals surface area contributed by atoms with E-state index in [0.717, 1.165) is 23.6 Å². The second kappa shape index (κ2) is 9.23. The van der Waals surface area contributed by atoms with E-state index in [2.05, 4.69) is 10.4 Å². The molecule has 1 aliphatic rings. The minimum Gasteiger partial charge on any atom is -0.493 e. The Hall–Kier alpha value is -4.02. The van der Waals surface area contributed by atoms with Crippen molar-refractivity contribution in [1.29, 1.82) is 0 Å². The fourth-order valence-electron chi connectivity index (χ4n) is 3.32. The van der Waals surface area contributed by atoms with Crippen LogP contribution in [-0.2, 0) is 11.3 Å². The molecule has 2 aromatic carbocycles. The van der Waals surface area contributed by atoms with Gasteiger partial charge in [0.05, 0.1) is 29.5 Å². The van der Waals surface area contributed by atoms with Gasteiger partial charge in [0, 0.05) is 18.1 Å². The number of ether oxygens (including phenoxy) is 2. The molecule has 0 saturated heterocycles. The average Bonchev–Trinajstić information content (AvgIpc) is 3.54. The molecule has 1 N–H and O–H groups in total. The van der Waals surface area contributed by atoms with Crippen LogP contribution in [0.1, 0.15) is 36.6 Å². The molecule has 11 heteroatoms. The summed E-state index contributed by atoms with van der Waals surface area (Å²) in [6, 6.07) is 11.8. The number of hydrogen-bond donors (Lipinski definition) is 1. The van der Waals surface area contributed by atoms with Gasteiger partial charge in [-0.3, -0.25) is 19.6 Å². The third-order valence-corrected chi connectivity index (χ3v) is 5.03. The summed E-state index contributed by atoms with van der Waals surface area (Å²) in [5.41, 5.74) is -0.0411. The number of hydrogen-bond acceptors (Lipinski definition) is 6. The number of para-hydroxylation sites is 2. The third-order valence-electron chi connectivity index (χ3n) is 5.03. The van der Waals surface area contributed by atoms with Gasteiger partial charge in [0.2, 0.25) is 5.91 Å². The summed E-state index contributed by atoms with van der Waals surface area (Å²) < 4.78 is 38.6. The third kappa shape index (κ3) is 5.25. The maximum atomic E-state index is 13.4. The first-order valence-electron chi connectivity index (χ1n) is 10.1. The van der Waals surface area contributed by atoms with Crippen LogP contribution in [0.4, 0.5) is 20.2 Å². The lowest BCUT2D eigenvalue weighted by atomic mass is 10.2. The topological polar surface area (TPSA) is 109 Å². The lowest BCUT2D eigenvalue weighted by molar-refractivity contribution is -0.384. The number of alkyl halides is 2. The molecule has 1 saturated carbocycles. The molecule has 3 aromatic rings. The van der Waals surface area contributed by atoms with Crippen molar-refractivity contribution < 1.29 is 28.0 Å². The number of nitrogens with one attached hydrogen (secondary N) is 1. The van der Waals surface area contributed by atoms with Crippen molar-refractivity contribution in [3.8, 4) is 17.2 Å². The number of nitro groups is 1. The summed E-state index contributed by atoms with van der Waals surface area (Å²) in [7, 11) is 1.46. The Morgan fingerprint density at radius 2 is 1.97 bits per heavy atom. The van der Waals surface area contributed by atoms with Crippen molar-refractivity contribution >= 4 is 17.3 Å². The highest BCUT2D eigenvalue weighted by Crippen LogP contribution is 2.40. The summed E-state index contributed by atoms with van der Waals surface area (Å²) in [6.45, 7) is -0.461. The Balaban J connectivity index is 1.55. The van der Waals surface area contributed by atoms with Crippen LogP contribution in [0.25, 0.3) is 0 Å². The van der Waals surface area contributed by atoms with E-state index in [1.165, 1.54) is 25.3 Å². The monoisotopic (exact) mass is 458 g/mol. The molecule has 1 amide bonds. The SMILES string of the molecule is COc1ccccc1Oc1cc(NC(=O)Cn2nc(C3CC3)cc2C(F)F)cc([N+](=O)[O-])c1. The number of non-ortho nitro benzene ring substituents is 1. The normalized spacial score (nSPS) is 13.1. The first kappa shape index (κ1) is 22.2. The molecule has 0 spiro atoms. The number of anilines is 1. The molecule has 172 valence electrons. The van der Waals surface area contributed by atoms with Crippen molar-refractivity contribution in [2.24, 2.45) is 0 Å². The van der Waals surface area contributed by atoms with E-state index in [9.17, 15) is 23.7 Å². The Bertz CT molecular complexity index is 1190. The summed E-state index contributed by atoms with van der Waals surface area (Å²) in [5, 5.41) is 18.0. The van der Waals surface area contributed by atoms with Gasteiger partial charge < -0.3 is 14.8 Å². The summed E-state index contributed by atoms with van der Waals surface area (Å²) in [4.78, 5) is 23.3. The molecule has 1 aliphatic carbocycles. The lowest BCUT2D eigenvalue weighted by Gasteiger charge is -2.12. The molecule has 33 heavy (non-hydrogen) atoms. The quantitative estimate of drug-likeness (QED) is 0.355. The van der Waals surface area contributed by atoms with E-state index < -0.39 is 23.8 Å². The Morgan fingerprint density at radius 1 is 1.24 bits per heavy atom. The maximum Gasteiger partial charge on any atom is 0.280 e. The zero-order valence-corrected chi connectivity index (χ0v) is 17.5. The van der Waals surface area contributed by atoms with Crippen molar-refractivity contribution in [3.05, 3.63) is 70.0 Å². The molecule has 1 aromatic heterocycles. The van der Waals surface area contributed by atoms with Gasteiger partial charge in [-0.1, -0.05) is 12.1 Å². The molecule has 1 heterocycles. The van der Waals surface area contributed by atoms with Gasteiger partial charge in [-0.15, -0.1) is 0 Å². The number of carbonyl (C=O) groups is 1. The zero-order chi connectivity index (χ0) is 23.5. The molecular weight excluding hydrogens is 438 g/mol. The molecule has 4 rings (SSSR count). The molecule has 0 aliphatic heterocycles. The number of amides is 1. The van der Waals surface area contributed by atoms with Gasteiger partial charge in [0.25, 0.3) is 12.1 Å². The van der Waals surface area contributed by atoms with Crippen molar-refractivity contribution in [2.45, 2.75) is 31.7 Å². The highest BCUT2D eigenvalue weighted by molar-refractivity contribution is 5.91. The molecular formula is C22H20F2N4O5. The minimum absolute atomic E-state index is 0.0762. The second-order valence-corrected chi connectivity index (χ2v) is 7.50. The second-order valence-electron chi connectivity index (χ2n) is 7.50. The van der Waals surface area contributed by atoms with Gasteiger partial charge in [-0.25, -0.2) is 8.78 Å². The molecule has 0 unspecified atom stereocenters. The van der Waals surface area contributed by atoms with Crippen LogP contribution >= 0.6 is 0 Å². The Morgan fingerprint density at radius 3 is 2.61 bits per heavy atom. The number of methoxy groups -OCH3 is 1. The smallest absolute Gasteiger partial charge is 0.280 e. The van der Waals surface area contributed by atoms with E-state index in [4.69, 9.17) is 9.47 Å². The lowest BCUT2D eigenvalue weighted by Crippen LogP contribution is -2.21. The largest absolute Gasteiger partial charge is 0.493 e. The van der Waals surface area contributed by atoms with E-state index in [-0.39, 0.29) is 28.7 Å². The molecule has 9 nitrogen and oxygen atoms in total. The summed E-state index contributed by atoms with van der Waals surface area (Å²) in [5.74, 6) is 0.319. The number of aromatic nitrogens is 2. The Kier molecular flexibility index (Phi) is 6.20. The highest BCUT2D eigenvalue weighted by atomic mass is 19.3. The fraction of sp³-hybridized carbons (Fsp3) is 0.273. The van der Waals surface area contributed by atoms with Crippen LogP contribution in [0.3, 0.4) is 0 Å². The van der Waals surface area contributed by atoms with Crippen molar-refractivity contribution in [3.63, 3.8) is 0 Å². The predicted octanol–water partition coefficient (Wildman–Crippen LogP) is 5.05. The zero-order valence-electron chi connectivity index (χ0n) is 17.5. The van der Waals surface area contributed by atoms with Gasteiger partial charge >= 0.3 is 0 Å². The number of nitrogens with zero attached hydrogens (tertiary/aromatic N) is 3. The minimum atomic E-state index is -2.78. The molecule has 0 bridgehead atoms. The van der Waals surface area contributed by atoms with Crippen LogP contribution < -0.4 is 14.8 Å². The summed E-state index contributed by atoms with van der Waals surface area (Å²) >= 11 is 0. The fourth-order valence-corrected chi connectivity index (χ4v) is 3.32. The predicted molar refractivity (Wildman–Crippen MR) is 114 cm³/mol. The van der Waals surface area contributed by atoms with Crippen LogP contribution in [0, 0.1) is 10.1 Å². The molecule has 0 atom stereocenters. The maximum absolute atomic E-state index is 13.4. The standard InChI is InChI=1S/C22H20F2N4O5/c1-32-19-4-2-3-5-20(19)33-16-9-14(8-15(10-16)28(30)31)25-21(29)12-27-18(22(23)24)11-17(26-27)13-6-7-13/h2-5,8-11,13,22H,6-7,12H2,1H3,(H,25,29). The Labute approximate surface area is 187 Å². The van der Waals surface area contributed by atoms with Crippen LogP contribution in [0.15, 0.2) is 48.5 Å². The van der Waals surface area contributed by atoms with E-state index in [1.54, 1.807) is 24.3 Å². The summed E-state index contributed by atoms with van der Waals surface area (Å²) in [6.07, 6.45) is -1.01. The van der Waals surface area contributed by atoms with E-state index in [1.807, 2.05) is 0 Å². The van der Waals surface area contributed by atoms with Crippen molar-refractivity contribution in [1.82, 2.24) is 9.78 Å². The highest BCUT2D eigenvalue weighted by Gasteiger charge is 2.29. The van der Waals surface area contributed by atoms with E-state index >= 15 is 0 Å². The van der Waals surface area contributed by atoms with Crippen LogP contribution in [0.5, 0.6) is 17.2 Å². The van der Waals surface area contributed by atoms with Crippen LogP contribution in [-0.4, -0.2) is 27.7 Å². The van der Waals surface area contributed by atoms with E-state index in [0.29, 0.717) is 17.2 Å². The number of carbonyl (C=O) groups excluding carboxylic acids is 1. The first-order chi connectivity index (χ1) is 15.8. The first-order valence-corrected chi connectivity index (χ1v) is 10.1. The van der Waals surface area contributed by atoms with Gasteiger partial charge in [-0.05, 0) is 31.0 Å². The number of nitro benzene ring substituents is 1. The number of halogens is 2.